The highest BCUT2D eigenvalue weighted by atomic mass is 32.2. The van der Waals surface area contributed by atoms with Crippen molar-refractivity contribution in [2.75, 3.05) is 6.26 Å². The Morgan fingerprint density at radius 1 is 1.25 bits per heavy atom. The van der Waals surface area contributed by atoms with Gasteiger partial charge >= 0.3 is 0 Å². The van der Waals surface area contributed by atoms with Crippen molar-refractivity contribution in [1.29, 1.82) is 0 Å². The Bertz CT molecular complexity index is 444. The molecular formula is C12H18O3S. The first-order valence-corrected chi connectivity index (χ1v) is 7.15. The van der Waals surface area contributed by atoms with Gasteiger partial charge in [0.15, 0.2) is 9.84 Å². The zero-order valence-corrected chi connectivity index (χ0v) is 10.7. The van der Waals surface area contributed by atoms with E-state index in [4.69, 9.17) is 0 Å². The van der Waals surface area contributed by atoms with Crippen molar-refractivity contribution in [2.45, 2.75) is 37.2 Å². The maximum Gasteiger partial charge on any atom is 0.175 e. The van der Waals surface area contributed by atoms with Gasteiger partial charge in [0, 0.05) is 12.7 Å². The Labute approximate surface area is 97.0 Å². The average molecular weight is 242 g/mol. The normalized spacial score (nSPS) is 15.8. The summed E-state index contributed by atoms with van der Waals surface area (Å²) in [5.41, 5.74) is 0.214. The third-order valence-electron chi connectivity index (χ3n) is 2.70. The number of aliphatic hydroxyl groups is 1. The zero-order valence-electron chi connectivity index (χ0n) is 9.90. The predicted octanol–water partition coefficient (Wildman–Crippen LogP) is 1.79. The monoisotopic (exact) mass is 242 g/mol. The van der Waals surface area contributed by atoms with Crippen LogP contribution >= 0.6 is 0 Å². The van der Waals surface area contributed by atoms with Crippen molar-refractivity contribution in [3.8, 4) is 0 Å². The van der Waals surface area contributed by atoms with Gasteiger partial charge in [0.2, 0.25) is 0 Å². The number of benzene rings is 1. The van der Waals surface area contributed by atoms with E-state index in [0.717, 1.165) is 5.56 Å². The Morgan fingerprint density at radius 2 is 1.75 bits per heavy atom. The molecule has 0 bridgehead atoms. The highest BCUT2D eigenvalue weighted by molar-refractivity contribution is 7.90. The fraction of sp³-hybridized carbons (Fsp3) is 0.500. The number of hydrogen-bond donors (Lipinski definition) is 1. The lowest BCUT2D eigenvalue weighted by atomic mass is 9.94. The molecule has 0 aliphatic carbocycles. The lowest BCUT2D eigenvalue weighted by molar-refractivity contribution is 0.0564. The van der Waals surface area contributed by atoms with E-state index in [0.29, 0.717) is 17.7 Å². The number of hydrogen-bond acceptors (Lipinski definition) is 3. The van der Waals surface area contributed by atoms with E-state index in [1.807, 2.05) is 6.92 Å². The molecular weight excluding hydrogens is 224 g/mol. The van der Waals surface area contributed by atoms with Gasteiger partial charge in [-0.15, -0.1) is 0 Å². The van der Waals surface area contributed by atoms with Crippen molar-refractivity contribution >= 4 is 9.84 Å². The second-order valence-corrected chi connectivity index (χ2v) is 6.46. The second kappa shape index (κ2) is 4.55. The first kappa shape index (κ1) is 13.2. The van der Waals surface area contributed by atoms with Crippen molar-refractivity contribution in [2.24, 2.45) is 0 Å². The molecule has 1 N–H and O–H groups in total. The van der Waals surface area contributed by atoms with Crippen LogP contribution in [0.5, 0.6) is 0 Å². The molecule has 90 valence electrons. The molecule has 0 amide bonds. The molecule has 3 nitrogen and oxygen atoms in total. The largest absolute Gasteiger partial charge is 0.390 e. The summed E-state index contributed by atoms with van der Waals surface area (Å²) in [7, 11) is -3.13. The second-order valence-electron chi connectivity index (χ2n) is 4.44. The number of sulfone groups is 1. The van der Waals surface area contributed by atoms with E-state index >= 15 is 0 Å². The van der Waals surface area contributed by atoms with Crippen molar-refractivity contribution < 1.29 is 13.5 Å². The van der Waals surface area contributed by atoms with E-state index in [9.17, 15) is 13.5 Å². The molecule has 0 aliphatic heterocycles. The summed E-state index contributed by atoms with van der Waals surface area (Å²) in [6, 6.07) is 6.66. The highest BCUT2D eigenvalue weighted by Gasteiger charge is 2.18. The van der Waals surface area contributed by atoms with Gasteiger partial charge in [-0.2, -0.15) is 0 Å². The summed E-state index contributed by atoms with van der Waals surface area (Å²) >= 11 is 0. The van der Waals surface area contributed by atoms with E-state index in [1.54, 1.807) is 31.2 Å². The van der Waals surface area contributed by atoms with Crippen molar-refractivity contribution in [3.05, 3.63) is 29.8 Å². The summed E-state index contributed by atoms with van der Waals surface area (Å²) in [4.78, 5) is 0.312. The SMILES string of the molecule is CC[C@](C)(O)Cc1ccc(S(C)(=O)=O)cc1. The lowest BCUT2D eigenvalue weighted by Gasteiger charge is -2.21. The molecule has 16 heavy (non-hydrogen) atoms. The quantitative estimate of drug-likeness (QED) is 0.875. The van der Waals surface area contributed by atoms with Crippen LogP contribution < -0.4 is 0 Å². The molecule has 0 aromatic heterocycles. The highest BCUT2D eigenvalue weighted by Crippen LogP contribution is 2.18. The summed E-state index contributed by atoms with van der Waals surface area (Å²) < 4.78 is 22.5. The topological polar surface area (TPSA) is 54.4 Å². The maximum absolute atomic E-state index is 11.2. The van der Waals surface area contributed by atoms with Gasteiger partial charge in [0.05, 0.1) is 10.5 Å². The van der Waals surface area contributed by atoms with E-state index < -0.39 is 15.4 Å². The summed E-state index contributed by atoms with van der Waals surface area (Å²) in [6.45, 7) is 3.70. The maximum atomic E-state index is 11.2. The van der Waals surface area contributed by atoms with Crippen LogP contribution in [0.15, 0.2) is 29.2 Å². The summed E-state index contributed by atoms with van der Waals surface area (Å²) in [6.07, 6.45) is 2.39. The van der Waals surface area contributed by atoms with Crippen molar-refractivity contribution in [1.82, 2.24) is 0 Å². The molecule has 4 heteroatoms. The lowest BCUT2D eigenvalue weighted by Crippen LogP contribution is -2.25. The third-order valence-corrected chi connectivity index (χ3v) is 3.83. The van der Waals surface area contributed by atoms with Gasteiger partial charge in [-0.05, 0) is 31.0 Å². The number of rotatable bonds is 4. The molecule has 1 aromatic carbocycles. The molecule has 0 saturated carbocycles. The van der Waals surface area contributed by atoms with Gasteiger partial charge in [-0.3, -0.25) is 0 Å². The van der Waals surface area contributed by atoms with E-state index in [2.05, 4.69) is 0 Å². The molecule has 0 unspecified atom stereocenters. The van der Waals surface area contributed by atoms with E-state index in [1.165, 1.54) is 6.26 Å². The predicted molar refractivity (Wildman–Crippen MR) is 64.2 cm³/mol. The molecule has 0 radical (unpaired) electrons. The van der Waals surface area contributed by atoms with Gasteiger partial charge < -0.3 is 5.11 Å². The fourth-order valence-electron chi connectivity index (χ4n) is 1.42. The Morgan fingerprint density at radius 3 is 2.12 bits per heavy atom. The first-order chi connectivity index (χ1) is 7.24. The van der Waals surface area contributed by atoms with Gasteiger partial charge in [-0.25, -0.2) is 8.42 Å². The van der Waals surface area contributed by atoms with Crippen LogP contribution in [0.3, 0.4) is 0 Å². The molecule has 0 heterocycles. The van der Waals surface area contributed by atoms with Crippen LogP contribution in [-0.2, 0) is 16.3 Å². The molecule has 1 rings (SSSR count). The van der Waals surface area contributed by atoms with Crippen molar-refractivity contribution in [3.63, 3.8) is 0 Å². The van der Waals surface area contributed by atoms with Gasteiger partial charge in [-0.1, -0.05) is 19.1 Å². The van der Waals surface area contributed by atoms with Crippen LogP contribution in [0.25, 0.3) is 0 Å². The minimum atomic E-state index is -3.13. The first-order valence-electron chi connectivity index (χ1n) is 5.26. The molecule has 0 saturated heterocycles. The third kappa shape index (κ3) is 3.61. The average Bonchev–Trinajstić information content (AvgIpc) is 2.16. The Hall–Kier alpha value is -0.870. The van der Waals surface area contributed by atoms with Crippen LogP contribution in [0.4, 0.5) is 0 Å². The Balaban J connectivity index is 2.89. The standard InChI is InChI=1S/C12H18O3S/c1-4-12(2,13)9-10-5-7-11(8-6-10)16(3,14)15/h5-8,13H,4,9H2,1-3H3/t12-/m0/s1. The molecule has 0 aliphatic rings. The minimum Gasteiger partial charge on any atom is -0.390 e. The molecule has 0 fully saturated rings. The smallest absolute Gasteiger partial charge is 0.175 e. The van der Waals surface area contributed by atoms with Crippen LogP contribution in [0.1, 0.15) is 25.8 Å². The molecule has 0 spiro atoms. The fourth-order valence-corrected chi connectivity index (χ4v) is 2.05. The van der Waals surface area contributed by atoms with Crippen LogP contribution in [0.2, 0.25) is 0 Å². The summed E-state index contributed by atoms with van der Waals surface area (Å²) in [5, 5.41) is 9.89. The van der Waals surface area contributed by atoms with E-state index in [-0.39, 0.29) is 0 Å². The molecule has 1 aromatic rings. The summed E-state index contributed by atoms with van der Waals surface area (Å²) in [5.74, 6) is 0. The van der Waals surface area contributed by atoms with Crippen LogP contribution in [-0.4, -0.2) is 25.4 Å². The van der Waals surface area contributed by atoms with Gasteiger partial charge in [0.1, 0.15) is 0 Å². The Kier molecular flexibility index (Phi) is 3.76. The minimum absolute atomic E-state index is 0.312. The van der Waals surface area contributed by atoms with Gasteiger partial charge in [0.25, 0.3) is 0 Å². The molecule has 1 atom stereocenters. The van der Waals surface area contributed by atoms with Crippen LogP contribution in [0, 0.1) is 0 Å². The zero-order chi connectivity index (χ0) is 12.4.